The molecule has 0 heterocycles. The first-order valence-corrected chi connectivity index (χ1v) is 6.18. The molecule has 3 heteroatoms. The van der Waals surface area contributed by atoms with Gasteiger partial charge in [-0.15, -0.1) is 0 Å². The van der Waals surface area contributed by atoms with E-state index in [0.29, 0.717) is 17.5 Å². The number of carbonyl (C=O) groups is 1. The van der Waals surface area contributed by atoms with Crippen molar-refractivity contribution in [2.75, 3.05) is 6.54 Å². The van der Waals surface area contributed by atoms with E-state index in [9.17, 15) is 9.90 Å². The Morgan fingerprint density at radius 1 is 1.53 bits per heavy atom. The van der Waals surface area contributed by atoms with Gasteiger partial charge in [0.25, 0.3) is 0 Å². The summed E-state index contributed by atoms with van der Waals surface area (Å²) >= 11 is 0. The summed E-state index contributed by atoms with van der Waals surface area (Å²) in [7, 11) is 0. The predicted molar refractivity (Wildman–Crippen MR) is 67.6 cm³/mol. The van der Waals surface area contributed by atoms with Crippen molar-refractivity contribution in [1.29, 1.82) is 0 Å². The average molecular weight is 233 g/mol. The molecule has 1 unspecified atom stereocenters. The van der Waals surface area contributed by atoms with E-state index in [-0.39, 0.29) is 0 Å². The van der Waals surface area contributed by atoms with Crippen molar-refractivity contribution in [3.63, 3.8) is 0 Å². The van der Waals surface area contributed by atoms with E-state index < -0.39 is 5.97 Å². The number of carboxylic acid groups (broad SMARTS) is 1. The van der Waals surface area contributed by atoms with E-state index in [0.717, 1.165) is 24.9 Å². The molecule has 0 saturated heterocycles. The molecule has 3 nitrogen and oxygen atoms in total. The van der Waals surface area contributed by atoms with E-state index in [2.05, 4.69) is 25.2 Å². The molecule has 0 radical (unpaired) electrons. The van der Waals surface area contributed by atoms with Crippen molar-refractivity contribution in [3.05, 3.63) is 34.9 Å². The number of nitrogens with one attached hydrogen (secondary N) is 1. The number of rotatable bonds is 4. The monoisotopic (exact) mass is 233 g/mol. The summed E-state index contributed by atoms with van der Waals surface area (Å²) in [5.74, 6) is -0.460. The van der Waals surface area contributed by atoms with Crippen LogP contribution >= 0.6 is 0 Å². The smallest absolute Gasteiger partial charge is 0.335 e. The van der Waals surface area contributed by atoms with Crippen LogP contribution in [0.3, 0.4) is 0 Å². The van der Waals surface area contributed by atoms with Gasteiger partial charge in [0, 0.05) is 12.6 Å². The van der Waals surface area contributed by atoms with Gasteiger partial charge in [-0.05, 0) is 36.0 Å². The maximum absolute atomic E-state index is 11.2. The lowest BCUT2D eigenvalue weighted by Crippen LogP contribution is -2.27. The highest BCUT2D eigenvalue weighted by Gasteiger charge is 2.27. The number of hydrogen-bond donors (Lipinski definition) is 2. The van der Waals surface area contributed by atoms with E-state index in [1.807, 2.05) is 6.07 Å². The molecular weight excluding hydrogens is 214 g/mol. The molecule has 0 aliphatic heterocycles. The zero-order valence-corrected chi connectivity index (χ0v) is 10.4. The van der Waals surface area contributed by atoms with Gasteiger partial charge in [-0.25, -0.2) is 4.79 Å². The second kappa shape index (κ2) is 4.88. The third-order valence-corrected chi connectivity index (χ3v) is 3.37. The summed E-state index contributed by atoms with van der Waals surface area (Å²) in [4.78, 5) is 11.2. The van der Waals surface area contributed by atoms with Gasteiger partial charge < -0.3 is 10.4 Å². The Morgan fingerprint density at radius 2 is 2.29 bits per heavy atom. The minimum atomic E-state index is -0.807. The number of fused-ring (bicyclic) bond motifs is 1. The number of carboxylic acids is 1. The molecule has 1 aromatic rings. The van der Waals surface area contributed by atoms with Gasteiger partial charge in [-0.3, -0.25) is 0 Å². The molecule has 0 bridgehead atoms. The van der Waals surface area contributed by atoms with Crippen LogP contribution in [-0.2, 0) is 6.42 Å². The van der Waals surface area contributed by atoms with Crippen molar-refractivity contribution < 1.29 is 9.90 Å². The number of aromatic carboxylic acids is 1. The summed E-state index contributed by atoms with van der Waals surface area (Å²) in [6, 6.07) is 6.06. The largest absolute Gasteiger partial charge is 0.478 e. The number of aryl methyl sites for hydroxylation is 1. The van der Waals surface area contributed by atoms with Crippen molar-refractivity contribution in [1.82, 2.24) is 5.32 Å². The zero-order valence-electron chi connectivity index (χ0n) is 10.4. The third-order valence-electron chi connectivity index (χ3n) is 3.37. The first-order chi connectivity index (χ1) is 8.09. The van der Waals surface area contributed by atoms with Gasteiger partial charge >= 0.3 is 5.97 Å². The van der Waals surface area contributed by atoms with E-state index in [1.54, 1.807) is 6.07 Å². The number of hydrogen-bond acceptors (Lipinski definition) is 2. The molecule has 1 aromatic carbocycles. The highest BCUT2D eigenvalue weighted by Crippen LogP contribution is 2.35. The van der Waals surface area contributed by atoms with E-state index in [1.165, 1.54) is 5.56 Å². The first-order valence-electron chi connectivity index (χ1n) is 6.18. The summed E-state index contributed by atoms with van der Waals surface area (Å²) < 4.78 is 0. The minimum Gasteiger partial charge on any atom is -0.478 e. The molecule has 0 saturated carbocycles. The van der Waals surface area contributed by atoms with Crippen molar-refractivity contribution in [2.24, 2.45) is 0 Å². The third kappa shape index (κ3) is 2.50. The molecule has 0 amide bonds. The van der Waals surface area contributed by atoms with Crippen LogP contribution in [0.25, 0.3) is 0 Å². The van der Waals surface area contributed by atoms with Crippen LogP contribution in [0.4, 0.5) is 0 Å². The van der Waals surface area contributed by atoms with E-state index >= 15 is 0 Å². The summed E-state index contributed by atoms with van der Waals surface area (Å²) in [6.45, 7) is 5.09. The van der Waals surface area contributed by atoms with Crippen LogP contribution in [0.5, 0.6) is 0 Å². The van der Waals surface area contributed by atoms with Gasteiger partial charge in [0.2, 0.25) is 0 Å². The molecule has 92 valence electrons. The average Bonchev–Trinajstić information content (AvgIpc) is 2.69. The molecule has 2 rings (SSSR count). The van der Waals surface area contributed by atoms with Crippen molar-refractivity contribution in [2.45, 2.75) is 38.6 Å². The Kier molecular flexibility index (Phi) is 3.48. The van der Waals surface area contributed by atoms with Crippen LogP contribution in [-0.4, -0.2) is 23.7 Å². The number of benzene rings is 1. The molecule has 1 aliphatic carbocycles. The van der Waals surface area contributed by atoms with Crippen LogP contribution in [0.15, 0.2) is 18.2 Å². The maximum Gasteiger partial charge on any atom is 0.335 e. The van der Waals surface area contributed by atoms with Crippen LogP contribution in [0.2, 0.25) is 0 Å². The molecule has 0 spiro atoms. The molecule has 2 N–H and O–H groups in total. The lowest BCUT2D eigenvalue weighted by atomic mass is 9.95. The lowest BCUT2D eigenvalue weighted by Gasteiger charge is -2.16. The van der Waals surface area contributed by atoms with Crippen LogP contribution < -0.4 is 5.32 Å². The van der Waals surface area contributed by atoms with Gasteiger partial charge in [0.15, 0.2) is 0 Å². The lowest BCUT2D eigenvalue weighted by molar-refractivity contribution is 0.0695. The fourth-order valence-corrected chi connectivity index (χ4v) is 2.56. The Morgan fingerprint density at radius 3 is 2.94 bits per heavy atom. The minimum absolute atomic E-state index is 0.347. The molecular formula is C14H19NO2. The fourth-order valence-electron chi connectivity index (χ4n) is 2.56. The molecule has 1 atom stereocenters. The Hall–Kier alpha value is -1.35. The zero-order chi connectivity index (χ0) is 12.4. The molecule has 1 aliphatic rings. The molecule has 0 aromatic heterocycles. The predicted octanol–water partition coefficient (Wildman–Crippen LogP) is 2.41. The normalized spacial score (nSPS) is 18.4. The summed E-state index contributed by atoms with van der Waals surface area (Å²) in [5, 5.41) is 12.6. The summed E-state index contributed by atoms with van der Waals surface area (Å²) in [6.07, 6.45) is 2.06. The fraction of sp³-hybridized carbons (Fsp3) is 0.500. The van der Waals surface area contributed by atoms with E-state index in [4.69, 9.17) is 0 Å². The molecule has 17 heavy (non-hydrogen) atoms. The first kappa shape index (κ1) is 12.1. The van der Waals surface area contributed by atoms with Gasteiger partial charge in [0.05, 0.1) is 5.56 Å². The second-order valence-electron chi connectivity index (χ2n) is 4.98. The van der Waals surface area contributed by atoms with Crippen molar-refractivity contribution in [3.8, 4) is 0 Å². The van der Waals surface area contributed by atoms with Gasteiger partial charge in [0.1, 0.15) is 0 Å². The summed E-state index contributed by atoms with van der Waals surface area (Å²) in [5.41, 5.74) is 2.74. The van der Waals surface area contributed by atoms with Crippen LogP contribution in [0, 0.1) is 0 Å². The SMILES string of the molecule is CC(C)NCC1CCc2cccc(C(=O)O)c21. The Labute approximate surface area is 102 Å². The highest BCUT2D eigenvalue weighted by atomic mass is 16.4. The van der Waals surface area contributed by atoms with Gasteiger partial charge in [-0.1, -0.05) is 26.0 Å². The Balaban J connectivity index is 2.26. The maximum atomic E-state index is 11.2. The topological polar surface area (TPSA) is 49.3 Å². The van der Waals surface area contributed by atoms with Crippen LogP contribution in [0.1, 0.15) is 47.7 Å². The second-order valence-corrected chi connectivity index (χ2v) is 4.98. The standard InChI is InChI=1S/C14H19NO2/c1-9(2)15-8-11-7-6-10-4-3-5-12(13(10)11)14(16)17/h3-5,9,11,15H,6-8H2,1-2H3,(H,16,17). The van der Waals surface area contributed by atoms with Gasteiger partial charge in [-0.2, -0.15) is 0 Å². The quantitative estimate of drug-likeness (QED) is 0.839. The Bertz CT molecular complexity index is 426. The molecule has 0 fully saturated rings. The highest BCUT2D eigenvalue weighted by molar-refractivity contribution is 5.90. The van der Waals surface area contributed by atoms with Crippen molar-refractivity contribution >= 4 is 5.97 Å².